The first-order chi connectivity index (χ1) is 9.91. The van der Waals surface area contributed by atoms with Crippen LogP contribution >= 0.6 is 0 Å². The Morgan fingerprint density at radius 3 is 2.33 bits per heavy atom. The van der Waals surface area contributed by atoms with Crippen LogP contribution in [0.3, 0.4) is 0 Å². The summed E-state index contributed by atoms with van der Waals surface area (Å²) < 4.78 is 9.85. The second kappa shape index (κ2) is 7.94. The zero-order valence-corrected chi connectivity index (χ0v) is 11.8. The molecule has 0 aromatic heterocycles. The highest BCUT2D eigenvalue weighted by Crippen LogP contribution is 2.23. The molecule has 0 spiro atoms. The minimum absolute atomic E-state index is 0.0125. The van der Waals surface area contributed by atoms with Crippen molar-refractivity contribution in [3.63, 3.8) is 0 Å². The van der Waals surface area contributed by atoms with Crippen LogP contribution in [0.25, 0.3) is 0 Å². The molecular formula is C15H18O6. The number of aromatic hydroxyl groups is 2. The van der Waals surface area contributed by atoms with Gasteiger partial charge in [-0.3, -0.25) is 0 Å². The number of carbonyl (C=O) groups is 2. The molecule has 0 amide bonds. The van der Waals surface area contributed by atoms with Crippen molar-refractivity contribution in [1.29, 1.82) is 0 Å². The quantitative estimate of drug-likeness (QED) is 0.455. The van der Waals surface area contributed by atoms with Crippen LogP contribution in [-0.4, -0.2) is 35.4 Å². The molecular weight excluding hydrogens is 276 g/mol. The van der Waals surface area contributed by atoms with Crippen molar-refractivity contribution in [1.82, 2.24) is 0 Å². The molecule has 0 aliphatic carbocycles. The summed E-state index contributed by atoms with van der Waals surface area (Å²) in [5.74, 6) is -1.59. The van der Waals surface area contributed by atoms with Crippen molar-refractivity contribution in [3.05, 3.63) is 35.9 Å². The van der Waals surface area contributed by atoms with E-state index in [1.807, 2.05) is 0 Å². The second-order valence-electron chi connectivity index (χ2n) is 4.46. The van der Waals surface area contributed by atoms with Crippen LogP contribution < -0.4 is 0 Å². The lowest BCUT2D eigenvalue weighted by atomic mass is 10.2. The average Bonchev–Trinajstić information content (AvgIpc) is 2.41. The van der Waals surface area contributed by atoms with E-state index in [2.05, 4.69) is 6.58 Å². The van der Waals surface area contributed by atoms with Crippen molar-refractivity contribution in [3.8, 4) is 11.5 Å². The third-order valence-electron chi connectivity index (χ3n) is 2.55. The third-order valence-corrected chi connectivity index (χ3v) is 2.55. The normalized spacial score (nSPS) is 9.95. The van der Waals surface area contributed by atoms with E-state index in [9.17, 15) is 14.7 Å². The fraction of sp³-hybridized carbons (Fsp3) is 0.333. The standard InChI is InChI=1S/C15H18O6/c1-10(2)14(18)20-7-3-4-8-21-15(19)12-6-5-11(16)9-13(12)17/h5-6,9,16-17H,1,3-4,7-8H2,2H3. The van der Waals surface area contributed by atoms with Gasteiger partial charge in [0.2, 0.25) is 0 Å². The molecule has 1 aromatic rings. The topological polar surface area (TPSA) is 93.1 Å². The van der Waals surface area contributed by atoms with Crippen molar-refractivity contribution in [2.24, 2.45) is 0 Å². The molecule has 0 radical (unpaired) electrons. The number of benzene rings is 1. The van der Waals surface area contributed by atoms with Crippen LogP contribution in [-0.2, 0) is 14.3 Å². The van der Waals surface area contributed by atoms with Crippen molar-refractivity contribution in [2.45, 2.75) is 19.8 Å². The van der Waals surface area contributed by atoms with Crippen molar-refractivity contribution in [2.75, 3.05) is 13.2 Å². The Hall–Kier alpha value is -2.50. The summed E-state index contributed by atoms with van der Waals surface area (Å²) in [6.07, 6.45) is 1.07. The van der Waals surface area contributed by atoms with Gasteiger partial charge in [-0.15, -0.1) is 0 Å². The van der Waals surface area contributed by atoms with Gasteiger partial charge in [-0.05, 0) is 31.9 Å². The molecule has 114 valence electrons. The predicted octanol–water partition coefficient (Wildman–Crippen LogP) is 2.15. The maximum Gasteiger partial charge on any atom is 0.341 e. The van der Waals surface area contributed by atoms with Crippen LogP contribution in [0.1, 0.15) is 30.1 Å². The number of carbonyl (C=O) groups excluding carboxylic acids is 2. The molecule has 1 aromatic carbocycles. The number of hydrogen-bond donors (Lipinski definition) is 2. The third kappa shape index (κ3) is 5.56. The maximum atomic E-state index is 11.6. The van der Waals surface area contributed by atoms with Crippen LogP contribution in [0, 0.1) is 0 Å². The Kier molecular flexibility index (Phi) is 6.26. The minimum Gasteiger partial charge on any atom is -0.508 e. The van der Waals surface area contributed by atoms with E-state index < -0.39 is 11.9 Å². The molecule has 0 fully saturated rings. The Balaban J connectivity index is 2.25. The number of unbranched alkanes of at least 4 members (excludes halogenated alkanes) is 1. The highest BCUT2D eigenvalue weighted by atomic mass is 16.5. The molecule has 6 heteroatoms. The molecule has 1 rings (SSSR count). The molecule has 0 unspecified atom stereocenters. The van der Waals surface area contributed by atoms with E-state index in [-0.39, 0.29) is 30.3 Å². The number of ether oxygens (including phenoxy) is 2. The first kappa shape index (κ1) is 16.6. The van der Waals surface area contributed by atoms with Gasteiger partial charge in [-0.25, -0.2) is 9.59 Å². The van der Waals surface area contributed by atoms with E-state index in [0.717, 1.165) is 6.07 Å². The fourth-order valence-electron chi connectivity index (χ4n) is 1.43. The number of phenols is 2. The summed E-state index contributed by atoms with van der Waals surface area (Å²) in [5.41, 5.74) is 0.325. The molecule has 6 nitrogen and oxygen atoms in total. The first-order valence-electron chi connectivity index (χ1n) is 6.43. The monoisotopic (exact) mass is 294 g/mol. The van der Waals surface area contributed by atoms with E-state index >= 15 is 0 Å². The summed E-state index contributed by atoms with van der Waals surface area (Å²) in [6, 6.07) is 3.63. The van der Waals surface area contributed by atoms with Gasteiger partial charge in [0.15, 0.2) is 0 Å². The zero-order chi connectivity index (χ0) is 15.8. The molecule has 0 saturated carbocycles. The Morgan fingerprint density at radius 1 is 1.14 bits per heavy atom. The number of phenolic OH excluding ortho intramolecular Hbond substituents is 2. The van der Waals surface area contributed by atoms with Gasteiger partial charge in [0, 0.05) is 11.6 Å². The largest absolute Gasteiger partial charge is 0.508 e. The van der Waals surface area contributed by atoms with Gasteiger partial charge in [-0.2, -0.15) is 0 Å². The Morgan fingerprint density at radius 2 is 1.76 bits per heavy atom. The highest BCUT2D eigenvalue weighted by molar-refractivity contribution is 5.92. The maximum absolute atomic E-state index is 11.6. The fourth-order valence-corrected chi connectivity index (χ4v) is 1.43. The van der Waals surface area contributed by atoms with Gasteiger partial charge in [0.1, 0.15) is 17.1 Å². The van der Waals surface area contributed by atoms with Gasteiger partial charge in [0.05, 0.1) is 13.2 Å². The van der Waals surface area contributed by atoms with E-state index in [4.69, 9.17) is 14.6 Å². The van der Waals surface area contributed by atoms with Crippen molar-refractivity contribution >= 4 is 11.9 Å². The molecule has 0 heterocycles. The lowest BCUT2D eigenvalue weighted by Crippen LogP contribution is -2.09. The van der Waals surface area contributed by atoms with E-state index in [1.54, 1.807) is 6.92 Å². The Labute approximate surface area is 122 Å². The highest BCUT2D eigenvalue weighted by Gasteiger charge is 2.12. The molecule has 0 atom stereocenters. The summed E-state index contributed by atoms with van der Waals surface area (Å²) in [6.45, 7) is 5.39. The van der Waals surface area contributed by atoms with E-state index in [0.29, 0.717) is 18.4 Å². The van der Waals surface area contributed by atoms with Gasteiger partial charge in [-0.1, -0.05) is 6.58 Å². The lowest BCUT2D eigenvalue weighted by Gasteiger charge is -2.07. The van der Waals surface area contributed by atoms with E-state index in [1.165, 1.54) is 12.1 Å². The minimum atomic E-state index is -0.675. The molecule has 21 heavy (non-hydrogen) atoms. The lowest BCUT2D eigenvalue weighted by molar-refractivity contribution is -0.139. The molecule has 2 N–H and O–H groups in total. The summed E-state index contributed by atoms with van der Waals surface area (Å²) in [7, 11) is 0. The van der Waals surface area contributed by atoms with Crippen LogP contribution in [0.4, 0.5) is 0 Å². The zero-order valence-electron chi connectivity index (χ0n) is 11.8. The summed E-state index contributed by atoms with van der Waals surface area (Å²) >= 11 is 0. The molecule has 0 aliphatic heterocycles. The summed E-state index contributed by atoms with van der Waals surface area (Å²) in [4.78, 5) is 22.7. The smallest absolute Gasteiger partial charge is 0.341 e. The van der Waals surface area contributed by atoms with Crippen LogP contribution in [0.15, 0.2) is 30.4 Å². The van der Waals surface area contributed by atoms with Crippen molar-refractivity contribution < 1.29 is 29.3 Å². The summed E-state index contributed by atoms with van der Waals surface area (Å²) in [5, 5.41) is 18.6. The average molecular weight is 294 g/mol. The number of esters is 2. The molecule has 0 bridgehead atoms. The Bertz CT molecular complexity index is 535. The van der Waals surface area contributed by atoms with Crippen LogP contribution in [0.2, 0.25) is 0 Å². The number of hydrogen-bond acceptors (Lipinski definition) is 6. The van der Waals surface area contributed by atoms with Gasteiger partial charge in [0.25, 0.3) is 0 Å². The number of rotatable bonds is 7. The predicted molar refractivity (Wildman–Crippen MR) is 75.1 cm³/mol. The van der Waals surface area contributed by atoms with Crippen LogP contribution in [0.5, 0.6) is 11.5 Å². The SMILES string of the molecule is C=C(C)C(=O)OCCCCOC(=O)c1ccc(O)cc1O. The molecule has 0 saturated heterocycles. The molecule has 0 aliphatic rings. The van der Waals surface area contributed by atoms with Gasteiger partial charge >= 0.3 is 11.9 Å². The first-order valence-corrected chi connectivity index (χ1v) is 6.43. The van der Waals surface area contributed by atoms with Gasteiger partial charge < -0.3 is 19.7 Å². The second-order valence-corrected chi connectivity index (χ2v) is 4.46.